The molecule has 0 fully saturated rings. The van der Waals surface area contributed by atoms with Crippen molar-refractivity contribution in [1.29, 1.82) is 0 Å². The lowest BCUT2D eigenvalue weighted by Gasteiger charge is -2.20. The van der Waals surface area contributed by atoms with E-state index in [9.17, 15) is 9.59 Å². The zero-order valence-corrected chi connectivity index (χ0v) is 19.6. The van der Waals surface area contributed by atoms with Gasteiger partial charge in [-0.15, -0.1) is 0 Å². The number of ether oxygens (including phenoxy) is 2. The fraction of sp³-hybridized carbons (Fsp3) is 0.478. The molecule has 166 valence electrons. The van der Waals surface area contributed by atoms with Crippen LogP contribution in [0.5, 0.6) is 11.5 Å². The van der Waals surface area contributed by atoms with E-state index in [0.29, 0.717) is 53.8 Å². The summed E-state index contributed by atoms with van der Waals surface area (Å²) in [6.07, 6.45) is 3.21. The summed E-state index contributed by atoms with van der Waals surface area (Å²) in [6, 6.07) is 5.31. The molecule has 0 radical (unpaired) electrons. The van der Waals surface area contributed by atoms with Crippen molar-refractivity contribution < 1.29 is 19.1 Å². The first-order chi connectivity index (χ1) is 14.4. The first-order valence-corrected chi connectivity index (χ1v) is 10.6. The second kappa shape index (κ2) is 13.0. The highest BCUT2D eigenvalue weighted by molar-refractivity contribution is 6.49. The molecule has 0 saturated carbocycles. The van der Waals surface area contributed by atoms with Gasteiger partial charge < -0.3 is 19.3 Å². The molecule has 0 saturated heterocycles. The van der Waals surface area contributed by atoms with Crippen LogP contribution in [-0.4, -0.2) is 62.0 Å². The number of amides is 2. The average Bonchev–Trinajstić information content (AvgIpc) is 2.77. The molecule has 0 bridgehead atoms. The Bertz CT molecular complexity index is 781. The zero-order valence-electron chi connectivity index (χ0n) is 18.8. The third-order valence-corrected chi connectivity index (χ3v) is 5.34. The molecular weight excluding hydrogens is 404 g/mol. The number of carbonyl (C=O) groups excluding carboxylic acids is 2. The van der Waals surface area contributed by atoms with Gasteiger partial charge in [0.05, 0.1) is 25.7 Å². The molecule has 30 heavy (non-hydrogen) atoms. The Morgan fingerprint density at radius 3 is 1.97 bits per heavy atom. The van der Waals surface area contributed by atoms with Crippen LogP contribution < -0.4 is 9.47 Å². The number of benzene rings is 1. The van der Waals surface area contributed by atoms with Crippen LogP contribution in [0.3, 0.4) is 0 Å². The van der Waals surface area contributed by atoms with Gasteiger partial charge in [-0.05, 0) is 57.0 Å². The fourth-order valence-corrected chi connectivity index (χ4v) is 3.28. The van der Waals surface area contributed by atoms with Crippen molar-refractivity contribution in [3.8, 4) is 11.5 Å². The Morgan fingerprint density at radius 2 is 1.47 bits per heavy atom. The zero-order chi connectivity index (χ0) is 22.7. The molecule has 0 heterocycles. The maximum Gasteiger partial charge on any atom is 0.246 e. The van der Waals surface area contributed by atoms with E-state index in [1.54, 1.807) is 48.3 Å². The molecule has 0 aliphatic carbocycles. The van der Waals surface area contributed by atoms with Gasteiger partial charge in [0.25, 0.3) is 0 Å². The predicted molar refractivity (Wildman–Crippen MR) is 122 cm³/mol. The van der Waals surface area contributed by atoms with Crippen molar-refractivity contribution in [3.05, 3.63) is 41.5 Å². The van der Waals surface area contributed by atoms with Gasteiger partial charge in [-0.25, -0.2) is 0 Å². The minimum Gasteiger partial charge on any atom is -0.493 e. The highest BCUT2D eigenvalue weighted by Crippen LogP contribution is 2.34. The Labute approximate surface area is 185 Å². The minimum atomic E-state index is -0.121. The van der Waals surface area contributed by atoms with Crippen LogP contribution in [0.1, 0.15) is 39.7 Å². The maximum atomic E-state index is 12.7. The van der Waals surface area contributed by atoms with Gasteiger partial charge in [0, 0.05) is 32.3 Å². The van der Waals surface area contributed by atoms with Gasteiger partial charge in [-0.2, -0.15) is 0 Å². The van der Waals surface area contributed by atoms with Gasteiger partial charge in [0.2, 0.25) is 11.8 Å². The number of carbonyl (C=O) groups is 2. The van der Waals surface area contributed by atoms with Crippen LogP contribution in [-0.2, 0) is 9.59 Å². The van der Waals surface area contributed by atoms with E-state index in [4.69, 9.17) is 21.1 Å². The highest BCUT2D eigenvalue weighted by atomic mass is 35.5. The smallest absolute Gasteiger partial charge is 0.246 e. The van der Waals surface area contributed by atoms with Crippen LogP contribution in [0.2, 0.25) is 0 Å². The molecule has 1 aromatic rings. The minimum absolute atomic E-state index is 0.0476. The molecule has 0 unspecified atom stereocenters. The largest absolute Gasteiger partial charge is 0.493 e. The Morgan fingerprint density at radius 1 is 0.900 bits per heavy atom. The van der Waals surface area contributed by atoms with Crippen LogP contribution >= 0.6 is 11.6 Å². The lowest BCUT2D eigenvalue weighted by molar-refractivity contribution is -0.130. The topological polar surface area (TPSA) is 59.1 Å². The molecule has 0 N–H and O–H groups in total. The molecule has 0 aliphatic heterocycles. The molecule has 7 heteroatoms. The SMILES string of the molecule is CCN(CC)C(=O)/C=C/C(CC(=O)N(CC)CC)=C(\Cl)c1ccc(OC)c(OC)c1. The summed E-state index contributed by atoms with van der Waals surface area (Å²) in [5.41, 5.74) is 1.25. The number of hydrogen-bond acceptors (Lipinski definition) is 4. The second-order valence-electron chi connectivity index (χ2n) is 6.50. The number of rotatable bonds is 11. The fourth-order valence-electron chi connectivity index (χ4n) is 3.03. The van der Waals surface area contributed by atoms with Gasteiger partial charge >= 0.3 is 0 Å². The van der Waals surface area contributed by atoms with Crippen LogP contribution in [0, 0.1) is 0 Å². The third kappa shape index (κ3) is 6.80. The predicted octanol–water partition coefficient (Wildman–Crippen LogP) is 4.34. The molecule has 0 spiro atoms. The van der Waals surface area contributed by atoms with Gasteiger partial charge in [-0.1, -0.05) is 17.7 Å². The Balaban J connectivity index is 3.39. The van der Waals surface area contributed by atoms with Crippen molar-refractivity contribution in [2.75, 3.05) is 40.4 Å². The van der Waals surface area contributed by atoms with E-state index in [2.05, 4.69) is 0 Å². The Hall–Kier alpha value is -2.47. The van der Waals surface area contributed by atoms with Crippen LogP contribution in [0.25, 0.3) is 5.03 Å². The van der Waals surface area contributed by atoms with E-state index in [1.165, 1.54) is 6.08 Å². The highest BCUT2D eigenvalue weighted by Gasteiger charge is 2.16. The maximum absolute atomic E-state index is 12.7. The van der Waals surface area contributed by atoms with E-state index >= 15 is 0 Å². The van der Waals surface area contributed by atoms with Crippen LogP contribution in [0.4, 0.5) is 0 Å². The van der Waals surface area contributed by atoms with E-state index in [0.717, 1.165) is 0 Å². The van der Waals surface area contributed by atoms with E-state index in [-0.39, 0.29) is 18.2 Å². The normalized spacial score (nSPS) is 11.8. The molecular formula is C23H33ClN2O4. The number of methoxy groups -OCH3 is 2. The lowest BCUT2D eigenvalue weighted by atomic mass is 10.1. The quantitative estimate of drug-likeness (QED) is 0.382. The van der Waals surface area contributed by atoms with Gasteiger partial charge in [-0.3, -0.25) is 9.59 Å². The van der Waals surface area contributed by atoms with Gasteiger partial charge in [0.15, 0.2) is 11.5 Å². The van der Waals surface area contributed by atoms with Crippen molar-refractivity contribution >= 4 is 28.4 Å². The summed E-state index contributed by atoms with van der Waals surface area (Å²) in [5, 5.41) is 0.389. The number of allylic oxidation sites excluding steroid dienone is 1. The standard InChI is InChI=1S/C23H33ClN2O4/c1-7-25(8-2)21(27)14-12-18(16-22(28)26(9-3)10-4)23(24)17-11-13-19(29-5)20(15-17)30-6/h11-15H,7-10,16H2,1-6H3/b14-12+,23-18+. The molecule has 6 nitrogen and oxygen atoms in total. The first kappa shape index (κ1) is 25.6. The Kier molecular flexibility index (Phi) is 11.0. The summed E-state index contributed by atoms with van der Waals surface area (Å²) >= 11 is 6.70. The number of likely N-dealkylation sites (N-methyl/N-ethyl adjacent to an activating group) is 1. The van der Waals surface area contributed by atoms with Crippen molar-refractivity contribution in [2.45, 2.75) is 34.1 Å². The van der Waals surface area contributed by atoms with Crippen LogP contribution in [0.15, 0.2) is 35.9 Å². The molecule has 0 atom stereocenters. The first-order valence-electron chi connectivity index (χ1n) is 10.2. The summed E-state index contributed by atoms with van der Waals surface area (Å²) in [5.74, 6) is 0.947. The lowest BCUT2D eigenvalue weighted by Crippen LogP contribution is -2.30. The number of halogens is 1. The molecule has 0 aliphatic rings. The van der Waals surface area contributed by atoms with Crippen molar-refractivity contribution in [1.82, 2.24) is 9.80 Å². The van der Waals surface area contributed by atoms with E-state index < -0.39 is 0 Å². The molecule has 2 amide bonds. The van der Waals surface area contributed by atoms with Gasteiger partial charge in [0.1, 0.15) is 0 Å². The summed E-state index contributed by atoms with van der Waals surface area (Å²) in [7, 11) is 3.11. The summed E-state index contributed by atoms with van der Waals surface area (Å²) < 4.78 is 10.6. The average molecular weight is 437 g/mol. The van der Waals surface area contributed by atoms with Crippen molar-refractivity contribution in [3.63, 3.8) is 0 Å². The molecule has 0 aromatic heterocycles. The summed E-state index contributed by atoms with van der Waals surface area (Å²) in [4.78, 5) is 28.6. The second-order valence-corrected chi connectivity index (χ2v) is 6.87. The molecule has 1 aromatic carbocycles. The number of nitrogens with zero attached hydrogens (tertiary/aromatic N) is 2. The number of hydrogen-bond donors (Lipinski definition) is 0. The van der Waals surface area contributed by atoms with E-state index in [1.807, 2.05) is 27.7 Å². The summed E-state index contributed by atoms with van der Waals surface area (Å²) in [6.45, 7) is 10.2. The molecule has 1 rings (SSSR count). The third-order valence-electron chi connectivity index (χ3n) is 4.88. The van der Waals surface area contributed by atoms with Crippen molar-refractivity contribution in [2.24, 2.45) is 0 Å². The monoisotopic (exact) mass is 436 g/mol.